The Bertz CT molecular complexity index is 1250. The third-order valence-electron chi connectivity index (χ3n) is 5.44. The summed E-state index contributed by atoms with van der Waals surface area (Å²) in [5.41, 5.74) is 2.04. The van der Waals surface area contributed by atoms with Gasteiger partial charge in [-0.05, 0) is 61.7 Å². The van der Waals surface area contributed by atoms with Gasteiger partial charge < -0.3 is 15.0 Å². The molecule has 0 aromatic heterocycles. The van der Waals surface area contributed by atoms with Gasteiger partial charge in [-0.2, -0.15) is 0 Å². The number of para-hydroxylation sites is 1. The van der Waals surface area contributed by atoms with Gasteiger partial charge in [0.25, 0.3) is 11.8 Å². The molecule has 4 aromatic rings. The lowest BCUT2D eigenvalue weighted by Crippen LogP contribution is -2.31. The Labute approximate surface area is 193 Å². The molecule has 0 saturated heterocycles. The molecule has 5 heteroatoms. The highest BCUT2D eigenvalue weighted by Crippen LogP contribution is 2.28. The van der Waals surface area contributed by atoms with Crippen LogP contribution in [0, 0.1) is 0 Å². The van der Waals surface area contributed by atoms with Gasteiger partial charge in [0.1, 0.15) is 5.75 Å². The number of nitrogens with zero attached hydrogens (tertiary/aromatic N) is 1. The summed E-state index contributed by atoms with van der Waals surface area (Å²) < 4.78 is 5.67. The van der Waals surface area contributed by atoms with Crippen LogP contribution in [0.3, 0.4) is 0 Å². The summed E-state index contributed by atoms with van der Waals surface area (Å²) in [4.78, 5) is 27.5. The Morgan fingerprint density at radius 2 is 1.52 bits per heavy atom. The molecule has 0 saturated carbocycles. The average molecular weight is 439 g/mol. The molecule has 1 N–H and O–H groups in total. The van der Waals surface area contributed by atoms with Gasteiger partial charge >= 0.3 is 0 Å². The Hall–Kier alpha value is -4.12. The second kappa shape index (κ2) is 10.0. The average Bonchev–Trinajstić information content (AvgIpc) is 2.85. The number of amides is 2. The Kier molecular flexibility index (Phi) is 6.69. The van der Waals surface area contributed by atoms with Crippen LogP contribution in [0.25, 0.3) is 10.8 Å². The van der Waals surface area contributed by atoms with Crippen LogP contribution in [0.1, 0.15) is 24.2 Å². The van der Waals surface area contributed by atoms with Crippen molar-refractivity contribution in [2.45, 2.75) is 20.0 Å². The molecule has 166 valence electrons. The summed E-state index contributed by atoms with van der Waals surface area (Å²) in [6.45, 7) is 4.20. The number of rotatable bonds is 7. The molecule has 0 aliphatic heterocycles. The maximum absolute atomic E-state index is 13.3. The van der Waals surface area contributed by atoms with Crippen LogP contribution in [0.2, 0.25) is 0 Å². The fourth-order valence-corrected chi connectivity index (χ4v) is 3.72. The number of carbonyl (C=O) groups is 2. The summed E-state index contributed by atoms with van der Waals surface area (Å²) in [7, 11) is 0. The van der Waals surface area contributed by atoms with Crippen LogP contribution in [0.15, 0.2) is 97.1 Å². The van der Waals surface area contributed by atoms with Crippen molar-refractivity contribution >= 4 is 34.0 Å². The van der Waals surface area contributed by atoms with Crippen molar-refractivity contribution in [1.29, 1.82) is 0 Å². The van der Waals surface area contributed by atoms with Crippen molar-refractivity contribution in [2.24, 2.45) is 0 Å². The van der Waals surface area contributed by atoms with E-state index in [0.29, 0.717) is 23.5 Å². The third-order valence-corrected chi connectivity index (χ3v) is 5.44. The lowest BCUT2D eigenvalue weighted by Gasteiger charge is -2.23. The number of nitrogens with one attached hydrogen (secondary N) is 1. The lowest BCUT2D eigenvalue weighted by atomic mass is 10.1. The zero-order chi connectivity index (χ0) is 23.2. The van der Waals surface area contributed by atoms with E-state index in [1.54, 1.807) is 48.2 Å². The van der Waals surface area contributed by atoms with E-state index in [2.05, 4.69) is 5.32 Å². The van der Waals surface area contributed by atoms with Gasteiger partial charge in [0, 0.05) is 23.2 Å². The molecule has 4 aromatic carbocycles. The zero-order valence-corrected chi connectivity index (χ0v) is 18.7. The number of carbonyl (C=O) groups excluding carboxylic acids is 2. The highest BCUT2D eigenvalue weighted by molar-refractivity contribution is 6.11. The zero-order valence-electron chi connectivity index (χ0n) is 18.7. The number of fused-ring (bicyclic) bond motifs is 1. The standard InChI is InChI=1S/C28H26N2O3/c1-3-30(26-15-9-11-21-10-7-8-14-25(21)26)28(32)22-16-18-23(19-17-22)29-27(31)20(2)33-24-12-5-4-6-13-24/h4-20H,3H2,1-2H3,(H,29,31). The summed E-state index contributed by atoms with van der Waals surface area (Å²) in [5.74, 6) is 0.283. The molecule has 0 heterocycles. The first kappa shape index (κ1) is 22.1. The Morgan fingerprint density at radius 1 is 0.848 bits per heavy atom. The molecule has 4 rings (SSSR count). The van der Waals surface area contributed by atoms with Gasteiger partial charge in [-0.15, -0.1) is 0 Å². The van der Waals surface area contributed by atoms with Crippen molar-refractivity contribution in [3.05, 3.63) is 103 Å². The molecule has 0 aliphatic carbocycles. The van der Waals surface area contributed by atoms with Crippen molar-refractivity contribution in [3.8, 4) is 5.75 Å². The van der Waals surface area contributed by atoms with Crippen LogP contribution in [0.4, 0.5) is 11.4 Å². The van der Waals surface area contributed by atoms with Crippen molar-refractivity contribution in [2.75, 3.05) is 16.8 Å². The normalized spacial score (nSPS) is 11.6. The van der Waals surface area contributed by atoms with E-state index in [4.69, 9.17) is 4.74 Å². The summed E-state index contributed by atoms with van der Waals surface area (Å²) in [6, 6.07) is 30.1. The fourth-order valence-electron chi connectivity index (χ4n) is 3.72. The molecule has 0 spiro atoms. The molecule has 1 unspecified atom stereocenters. The number of hydrogen-bond donors (Lipinski definition) is 1. The fraction of sp³-hybridized carbons (Fsp3) is 0.143. The smallest absolute Gasteiger partial charge is 0.265 e. The van der Waals surface area contributed by atoms with Crippen molar-refractivity contribution in [1.82, 2.24) is 0 Å². The number of hydrogen-bond acceptors (Lipinski definition) is 3. The van der Waals surface area contributed by atoms with Crippen molar-refractivity contribution in [3.63, 3.8) is 0 Å². The molecule has 0 radical (unpaired) electrons. The first-order valence-electron chi connectivity index (χ1n) is 11.0. The van der Waals surface area contributed by atoms with Gasteiger partial charge in [-0.3, -0.25) is 9.59 Å². The van der Waals surface area contributed by atoms with E-state index < -0.39 is 6.10 Å². The minimum atomic E-state index is -0.657. The number of benzene rings is 4. The van der Waals surface area contributed by atoms with Crippen LogP contribution in [-0.4, -0.2) is 24.5 Å². The largest absolute Gasteiger partial charge is 0.481 e. The molecular formula is C28H26N2O3. The van der Waals surface area contributed by atoms with Crippen LogP contribution < -0.4 is 15.0 Å². The molecule has 0 fully saturated rings. The van der Waals surface area contributed by atoms with Gasteiger partial charge in [0.15, 0.2) is 6.10 Å². The van der Waals surface area contributed by atoms with Crippen LogP contribution in [0.5, 0.6) is 5.75 Å². The van der Waals surface area contributed by atoms with E-state index in [1.165, 1.54) is 0 Å². The Balaban J connectivity index is 1.46. The van der Waals surface area contributed by atoms with Gasteiger partial charge in [-0.1, -0.05) is 54.6 Å². The highest BCUT2D eigenvalue weighted by atomic mass is 16.5. The second-order valence-corrected chi connectivity index (χ2v) is 7.69. The highest BCUT2D eigenvalue weighted by Gasteiger charge is 2.19. The summed E-state index contributed by atoms with van der Waals surface area (Å²) in [6.07, 6.45) is -0.657. The first-order chi connectivity index (χ1) is 16.1. The SMILES string of the molecule is CCN(C(=O)c1ccc(NC(=O)C(C)Oc2ccccc2)cc1)c1cccc2ccccc12. The maximum atomic E-state index is 13.3. The predicted molar refractivity (Wildman–Crippen MR) is 133 cm³/mol. The number of ether oxygens (including phenoxy) is 1. The minimum Gasteiger partial charge on any atom is -0.481 e. The van der Waals surface area contributed by atoms with Crippen LogP contribution >= 0.6 is 0 Å². The molecule has 1 atom stereocenters. The number of anilines is 2. The third kappa shape index (κ3) is 5.04. The van der Waals surface area contributed by atoms with E-state index in [1.807, 2.05) is 67.6 Å². The van der Waals surface area contributed by atoms with Crippen molar-refractivity contribution < 1.29 is 14.3 Å². The Morgan fingerprint density at radius 3 is 2.24 bits per heavy atom. The van der Waals surface area contributed by atoms with E-state index in [0.717, 1.165) is 16.5 Å². The topological polar surface area (TPSA) is 58.6 Å². The molecule has 0 aliphatic rings. The quantitative estimate of drug-likeness (QED) is 0.390. The monoisotopic (exact) mass is 438 g/mol. The minimum absolute atomic E-state index is 0.0903. The van der Waals surface area contributed by atoms with Crippen LogP contribution in [-0.2, 0) is 4.79 Å². The molecule has 33 heavy (non-hydrogen) atoms. The van der Waals surface area contributed by atoms with Gasteiger partial charge in [0.2, 0.25) is 0 Å². The molecule has 2 amide bonds. The maximum Gasteiger partial charge on any atom is 0.265 e. The summed E-state index contributed by atoms with van der Waals surface area (Å²) >= 11 is 0. The molecular weight excluding hydrogens is 412 g/mol. The first-order valence-corrected chi connectivity index (χ1v) is 11.0. The summed E-state index contributed by atoms with van der Waals surface area (Å²) in [5, 5.41) is 4.96. The van der Waals surface area contributed by atoms with E-state index in [9.17, 15) is 9.59 Å². The molecule has 0 bridgehead atoms. The lowest BCUT2D eigenvalue weighted by molar-refractivity contribution is -0.122. The van der Waals surface area contributed by atoms with Gasteiger partial charge in [0.05, 0.1) is 5.69 Å². The van der Waals surface area contributed by atoms with Gasteiger partial charge in [-0.25, -0.2) is 0 Å². The van der Waals surface area contributed by atoms with E-state index >= 15 is 0 Å². The van der Waals surface area contributed by atoms with E-state index in [-0.39, 0.29) is 11.8 Å². The second-order valence-electron chi connectivity index (χ2n) is 7.69. The molecule has 5 nitrogen and oxygen atoms in total. The predicted octanol–water partition coefficient (Wildman–Crippen LogP) is 5.91.